The van der Waals surface area contributed by atoms with E-state index in [0.29, 0.717) is 28.5 Å². The van der Waals surface area contributed by atoms with Crippen LogP contribution in [0.5, 0.6) is 11.5 Å². The SMILES string of the molecule is O=C(C[C@H](c1cccc(Oc2ccc(Cl)cc2)c1)c1c[nH]c2ccc([N+](=O)[O-])cc12)NCc1ccncc1. The normalized spacial score (nSPS) is 11.7. The number of H-pyrrole nitrogens is 1. The Morgan fingerprint density at radius 3 is 2.58 bits per heavy atom. The van der Waals surface area contributed by atoms with E-state index < -0.39 is 10.8 Å². The summed E-state index contributed by atoms with van der Waals surface area (Å²) < 4.78 is 6.03. The molecule has 0 fully saturated rings. The number of hydrogen-bond acceptors (Lipinski definition) is 5. The number of benzene rings is 3. The average molecular weight is 527 g/mol. The van der Waals surface area contributed by atoms with Crippen LogP contribution in [0.1, 0.15) is 29.0 Å². The highest BCUT2D eigenvalue weighted by atomic mass is 35.5. The summed E-state index contributed by atoms with van der Waals surface area (Å²) in [6, 6.07) is 22.9. The largest absolute Gasteiger partial charge is 0.457 e. The summed E-state index contributed by atoms with van der Waals surface area (Å²) in [5, 5.41) is 15.7. The number of aromatic amines is 1. The molecule has 2 aromatic heterocycles. The van der Waals surface area contributed by atoms with E-state index in [1.807, 2.05) is 42.6 Å². The quantitative estimate of drug-likeness (QED) is 0.163. The van der Waals surface area contributed by atoms with E-state index in [1.54, 1.807) is 42.7 Å². The predicted molar refractivity (Wildman–Crippen MR) is 145 cm³/mol. The molecular formula is C29H23ClN4O4. The summed E-state index contributed by atoms with van der Waals surface area (Å²) in [7, 11) is 0. The van der Waals surface area contributed by atoms with Gasteiger partial charge >= 0.3 is 0 Å². The number of ether oxygens (including phenoxy) is 1. The first-order valence-corrected chi connectivity index (χ1v) is 12.3. The maximum atomic E-state index is 13.1. The molecule has 2 N–H and O–H groups in total. The molecule has 0 aliphatic rings. The molecule has 2 heterocycles. The molecule has 1 amide bonds. The first kappa shape index (κ1) is 25.0. The van der Waals surface area contributed by atoms with Gasteiger partial charge < -0.3 is 15.0 Å². The van der Waals surface area contributed by atoms with Crippen molar-refractivity contribution in [2.75, 3.05) is 0 Å². The van der Waals surface area contributed by atoms with Gasteiger partial charge in [-0.3, -0.25) is 19.9 Å². The number of nitrogens with zero attached hydrogens (tertiary/aromatic N) is 2. The zero-order valence-electron chi connectivity index (χ0n) is 20.1. The summed E-state index contributed by atoms with van der Waals surface area (Å²) in [5.74, 6) is 0.673. The Bertz CT molecular complexity index is 1590. The van der Waals surface area contributed by atoms with E-state index in [0.717, 1.165) is 22.2 Å². The molecule has 0 aliphatic carbocycles. The molecule has 0 saturated heterocycles. The first-order chi connectivity index (χ1) is 18.5. The topological polar surface area (TPSA) is 110 Å². The van der Waals surface area contributed by atoms with Gasteiger partial charge in [-0.15, -0.1) is 0 Å². The second-order valence-electron chi connectivity index (χ2n) is 8.75. The highest BCUT2D eigenvalue weighted by Gasteiger charge is 2.23. The zero-order valence-corrected chi connectivity index (χ0v) is 20.9. The minimum absolute atomic E-state index is 0.0148. The number of rotatable bonds is 9. The van der Waals surface area contributed by atoms with Crippen molar-refractivity contribution in [3.63, 3.8) is 0 Å². The molecule has 0 spiro atoms. The average Bonchev–Trinajstić information content (AvgIpc) is 3.35. The highest BCUT2D eigenvalue weighted by Crippen LogP contribution is 2.37. The fraction of sp³-hybridized carbons (Fsp3) is 0.103. The van der Waals surface area contributed by atoms with Gasteiger partial charge in [-0.05, 0) is 71.3 Å². The van der Waals surface area contributed by atoms with Gasteiger partial charge in [-0.2, -0.15) is 0 Å². The summed E-state index contributed by atoms with van der Waals surface area (Å²) in [6.07, 6.45) is 5.29. The number of nitro benzene ring substituents is 1. The van der Waals surface area contributed by atoms with Crippen molar-refractivity contribution in [1.29, 1.82) is 0 Å². The van der Waals surface area contributed by atoms with Gasteiger partial charge in [0.1, 0.15) is 11.5 Å². The molecule has 5 rings (SSSR count). The maximum Gasteiger partial charge on any atom is 0.270 e. The molecule has 9 heteroatoms. The van der Waals surface area contributed by atoms with Gasteiger partial charge in [0, 0.05) is 65.5 Å². The van der Waals surface area contributed by atoms with Crippen LogP contribution in [0.15, 0.2) is 97.5 Å². The van der Waals surface area contributed by atoms with Crippen molar-refractivity contribution in [3.8, 4) is 11.5 Å². The highest BCUT2D eigenvalue weighted by molar-refractivity contribution is 6.30. The molecule has 8 nitrogen and oxygen atoms in total. The third-order valence-corrected chi connectivity index (χ3v) is 6.47. The molecular weight excluding hydrogens is 504 g/mol. The number of nitro groups is 1. The Hall–Kier alpha value is -4.69. The smallest absolute Gasteiger partial charge is 0.270 e. The van der Waals surface area contributed by atoms with Crippen molar-refractivity contribution in [3.05, 3.63) is 129 Å². The summed E-state index contributed by atoms with van der Waals surface area (Å²) in [4.78, 5) is 31.4. The van der Waals surface area contributed by atoms with E-state index in [4.69, 9.17) is 16.3 Å². The number of nitrogens with one attached hydrogen (secondary N) is 2. The van der Waals surface area contributed by atoms with E-state index in [-0.39, 0.29) is 18.0 Å². The number of non-ortho nitro benzene ring substituents is 1. The van der Waals surface area contributed by atoms with Crippen molar-refractivity contribution in [2.45, 2.75) is 18.9 Å². The van der Waals surface area contributed by atoms with E-state index >= 15 is 0 Å². The first-order valence-electron chi connectivity index (χ1n) is 11.9. The Morgan fingerprint density at radius 1 is 1.03 bits per heavy atom. The standard InChI is InChI=1S/C29H23ClN4O4/c30-21-4-7-23(8-5-21)38-24-3-1-2-20(14-24)25(16-29(35)33-17-19-10-12-31-13-11-19)27-18-32-28-9-6-22(34(36)37)15-26(27)28/h1-15,18,25,32H,16-17H2,(H,33,35)/t25-/m1/s1. The number of amides is 1. The zero-order chi connectivity index (χ0) is 26.5. The monoisotopic (exact) mass is 526 g/mol. The van der Waals surface area contributed by atoms with Crippen LogP contribution in [-0.4, -0.2) is 20.8 Å². The number of carbonyl (C=O) groups is 1. The van der Waals surface area contributed by atoms with E-state index in [9.17, 15) is 14.9 Å². The number of aromatic nitrogens is 2. The van der Waals surface area contributed by atoms with Gasteiger partial charge in [-0.1, -0.05) is 23.7 Å². The molecule has 0 unspecified atom stereocenters. The Morgan fingerprint density at radius 2 is 1.82 bits per heavy atom. The van der Waals surface area contributed by atoms with Crippen LogP contribution in [0.25, 0.3) is 10.9 Å². The van der Waals surface area contributed by atoms with Crippen LogP contribution in [0.3, 0.4) is 0 Å². The Labute approximate surface area is 223 Å². The molecule has 0 radical (unpaired) electrons. The number of carbonyl (C=O) groups excluding carboxylic acids is 1. The van der Waals surface area contributed by atoms with Gasteiger partial charge in [-0.25, -0.2) is 0 Å². The van der Waals surface area contributed by atoms with Crippen LogP contribution in [0.4, 0.5) is 5.69 Å². The Balaban J connectivity index is 1.48. The number of fused-ring (bicyclic) bond motifs is 1. The van der Waals surface area contributed by atoms with Crippen molar-refractivity contribution >= 4 is 34.1 Å². The van der Waals surface area contributed by atoms with Crippen LogP contribution in [-0.2, 0) is 11.3 Å². The number of halogens is 1. The fourth-order valence-corrected chi connectivity index (χ4v) is 4.46. The molecule has 1 atom stereocenters. The van der Waals surface area contributed by atoms with Crippen LogP contribution in [0, 0.1) is 10.1 Å². The molecule has 3 aromatic carbocycles. The summed E-state index contributed by atoms with van der Waals surface area (Å²) in [5.41, 5.74) is 3.29. The van der Waals surface area contributed by atoms with Crippen LogP contribution < -0.4 is 10.1 Å². The van der Waals surface area contributed by atoms with Gasteiger partial charge in [0.25, 0.3) is 5.69 Å². The van der Waals surface area contributed by atoms with Crippen molar-refractivity contribution < 1.29 is 14.5 Å². The lowest BCUT2D eigenvalue weighted by Crippen LogP contribution is -2.25. The number of hydrogen-bond donors (Lipinski definition) is 2. The number of pyridine rings is 1. The predicted octanol–water partition coefficient (Wildman–Crippen LogP) is 6.76. The second-order valence-corrected chi connectivity index (χ2v) is 9.18. The van der Waals surface area contributed by atoms with Crippen molar-refractivity contribution in [1.82, 2.24) is 15.3 Å². The van der Waals surface area contributed by atoms with E-state index in [2.05, 4.69) is 15.3 Å². The van der Waals surface area contributed by atoms with E-state index in [1.165, 1.54) is 12.1 Å². The third kappa shape index (κ3) is 5.82. The lowest BCUT2D eigenvalue weighted by Gasteiger charge is -2.18. The van der Waals surface area contributed by atoms with Gasteiger partial charge in [0.05, 0.1) is 4.92 Å². The minimum atomic E-state index is -0.423. The van der Waals surface area contributed by atoms with Crippen molar-refractivity contribution in [2.24, 2.45) is 0 Å². The fourth-order valence-electron chi connectivity index (χ4n) is 4.33. The molecule has 5 aromatic rings. The maximum absolute atomic E-state index is 13.1. The second kappa shape index (κ2) is 11.1. The lowest BCUT2D eigenvalue weighted by atomic mass is 9.87. The van der Waals surface area contributed by atoms with Gasteiger partial charge in [0.2, 0.25) is 5.91 Å². The molecule has 38 heavy (non-hydrogen) atoms. The van der Waals surface area contributed by atoms with Crippen LogP contribution >= 0.6 is 11.6 Å². The summed E-state index contributed by atoms with van der Waals surface area (Å²) >= 11 is 5.99. The lowest BCUT2D eigenvalue weighted by molar-refractivity contribution is -0.384. The van der Waals surface area contributed by atoms with Gasteiger partial charge in [0.15, 0.2) is 0 Å². The molecule has 0 aliphatic heterocycles. The molecule has 0 saturated carbocycles. The molecule has 0 bridgehead atoms. The Kier molecular flexibility index (Phi) is 7.33. The minimum Gasteiger partial charge on any atom is -0.457 e. The van der Waals surface area contributed by atoms with Crippen LogP contribution in [0.2, 0.25) is 5.02 Å². The summed E-state index contributed by atoms with van der Waals surface area (Å²) in [6.45, 7) is 0.368. The third-order valence-electron chi connectivity index (χ3n) is 6.22. The molecule has 190 valence electrons.